The molecule has 1 aromatic carbocycles. The van der Waals surface area contributed by atoms with Gasteiger partial charge in [-0.2, -0.15) is 0 Å². The second-order valence-corrected chi connectivity index (χ2v) is 5.99. The van der Waals surface area contributed by atoms with Crippen LogP contribution in [0, 0.1) is 0 Å². The molecule has 1 rings (SSSR count). The van der Waals surface area contributed by atoms with Crippen molar-refractivity contribution in [3.63, 3.8) is 0 Å². The molecule has 3 N–H and O–H groups in total. The zero-order valence-electron chi connectivity index (χ0n) is 12.2. The first-order valence-corrected chi connectivity index (χ1v) is 8.07. The van der Waals surface area contributed by atoms with Crippen LogP contribution in [0.4, 0.5) is 5.69 Å². The molecule has 0 spiro atoms. The van der Waals surface area contributed by atoms with E-state index in [0.29, 0.717) is 25.4 Å². The monoisotopic (exact) mass is 315 g/mol. The van der Waals surface area contributed by atoms with Crippen molar-refractivity contribution >= 4 is 21.6 Å². The number of ether oxygens (including phenoxy) is 1. The van der Waals surface area contributed by atoms with Gasteiger partial charge in [-0.05, 0) is 24.3 Å². The van der Waals surface area contributed by atoms with Crippen molar-refractivity contribution in [2.75, 3.05) is 38.7 Å². The van der Waals surface area contributed by atoms with Crippen LogP contribution in [0.15, 0.2) is 29.2 Å². The van der Waals surface area contributed by atoms with E-state index in [2.05, 4.69) is 15.4 Å². The lowest BCUT2D eigenvalue weighted by atomic mass is 10.3. The second kappa shape index (κ2) is 8.60. The van der Waals surface area contributed by atoms with Gasteiger partial charge in [-0.3, -0.25) is 4.79 Å². The molecule has 0 saturated carbocycles. The molecule has 0 saturated heterocycles. The van der Waals surface area contributed by atoms with E-state index < -0.39 is 10.0 Å². The Morgan fingerprint density at radius 2 is 1.90 bits per heavy atom. The Morgan fingerprint density at radius 3 is 2.48 bits per heavy atom. The molecule has 21 heavy (non-hydrogen) atoms. The van der Waals surface area contributed by atoms with Crippen LogP contribution >= 0.6 is 0 Å². The van der Waals surface area contributed by atoms with Gasteiger partial charge in [-0.1, -0.05) is 6.92 Å². The van der Waals surface area contributed by atoms with Crippen molar-refractivity contribution in [3.8, 4) is 0 Å². The number of benzene rings is 1. The van der Waals surface area contributed by atoms with E-state index in [1.54, 1.807) is 26.2 Å². The first-order chi connectivity index (χ1) is 9.99. The van der Waals surface area contributed by atoms with Gasteiger partial charge in [0.15, 0.2) is 0 Å². The van der Waals surface area contributed by atoms with Gasteiger partial charge in [0.2, 0.25) is 15.9 Å². The SMILES string of the molecule is CCNS(=O)(=O)c1ccc(NCC(=O)NCCOC)cc1. The Labute approximate surface area is 125 Å². The molecule has 0 radical (unpaired) electrons. The lowest BCUT2D eigenvalue weighted by Gasteiger charge is -2.09. The van der Waals surface area contributed by atoms with E-state index in [1.807, 2.05) is 0 Å². The number of amides is 1. The van der Waals surface area contributed by atoms with Gasteiger partial charge in [0, 0.05) is 25.9 Å². The third-order valence-electron chi connectivity index (χ3n) is 2.58. The molecule has 1 aromatic rings. The maximum absolute atomic E-state index is 11.7. The third-order valence-corrected chi connectivity index (χ3v) is 4.14. The smallest absolute Gasteiger partial charge is 0.240 e. The summed E-state index contributed by atoms with van der Waals surface area (Å²) in [5, 5.41) is 5.59. The van der Waals surface area contributed by atoms with Crippen LogP contribution in [0.1, 0.15) is 6.92 Å². The first-order valence-electron chi connectivity index (χ1n) is 6.59. The number of nitrogens with one attached hydrogen (secondary N) is 3. The molecule has 118 valence electrons. The molecule has 0 heterocycles. The minimum absolute atomic E-state index is 0.114. The summed E-state index contributed by atoms with van der Waals surface area (Å²) < 4.78 is 30.7. The number of hydrogen-bond donors (Lipinski definition) is 3. The molecule has 0 fully saturated rings. The lowest BCUT2D eigenvalue weighted by Crippen LogP contribution is -2.32. The van der Waals surface area contributed by atoms with Crippen LogP contribution in [0.2, 0.25) is 0 Å². The average Bonchev–Trinajstić information content (AvgIpc) is 2.46. The summed E-state index contributed by atoms with van der Waals surface area (Å²) in [6, 6.07) is 6.21. The Balaban J connectivity index is 2.50. The normalized spacial score (nSPS) is 11.1. The maximum atomic E-state index is 11.7. The Bertz CT molecular complexity index is 543. The van der Waals surface area contributed by atoms with E-state index in [0.717, 1.165) is 0 Å². The largest absolute Gasteiger partial charge is 0.383 e. The van der Waals surface area contributed by atoms with Crippen molar-refractivity contribution in [3.05, 3.63) is 24.3 Å². The topological polar surface area (TPSA) is 96.5 Å². The fourth-order valence-electron chi connectivity index (χ4n) is 1.56. The van der Waals surface area contributed by atoms with Gasteiger partial charge >= 0.3 is 0 Å². The molecule has 7 nitrogen and oxygen atoms in total. The maximum Gasteiger partial charge on any atom is 0.240 e. The summed E-state index contributed by atoms with van der Waals surface area (Å²) in [7, 11) is -1.88. The molecular weight excluding hydrogens is 294 g/mol. The van der Waals surface area contributed by atoms with Crippen molar-refractivity contribution in [2.45, 2.75) is 11.8 Å². The highest BCUT2D eigenvalue weighted by molar-refractivity contribution is 7.89. The van der Waals surface area contributed by atoms with Crippen LogP contribution in [-0.2, 0) is 19.6 Å². The number of carbonyl (C=O) groups excluding carboxylic acids is 1. The van der Waals surface area contributed by atoms with Gasteiger partial charge in [-0.15, -0.1) is 0 Å². The van der Waals surface area contributed by atoms with E-state index in [4.69, 9.17) is 4.74 Å². The van der Waals surface area contributed by atoms with Crippen LogP contribution < -0.4 is 15.4 Å². The molecule has 0 aliphatic carbocycles. The fourth-order valence-corrected chi connectivity index (χ4v) is 2.60. The van der Waals surface area contributed by atoms with Crippen molar-refractivity contribution in [1.82, 2.24) is 10.0 Å². The van der Waals surface area contributed by atoms with Crippen LogP contribution in [0.3, 0.4) is 0 Å². The summed E-state index contributed by atoms with van der Waals surface area (Å²) in [6.07, 6.45) is 0. The summed E-state index contributed by atoms with van der Waals surface area (Å²) in [6.45, 7) is 3.09. The molecule has 0 atom stereocenters. The van der Waals surface area contributed by atoms with Crippen LogP contribution in [0.25, 0.3) is 0 Å². The fraction of sp³-hybridized carbons (Fsp3) is 0.462. The van der Waals surface area contributed by atoms with Crippen molar-refractivity contribution < 1.29 is 17.9 Å². The Morgan fingerprint density at radius 1 is 1.24 bits per heavy atom. The van der Waals surface area contributed by atoms with Gasteiger partial charge in [0.1, 0.15) is 0 Å². The number of rotatable bonds is 9. The highest BCUT2D eigenvalue weighted by Gasteiger charge is 2.11. The summed E-state index contributed by atoms with van der Waals surface area (Å²) in [5.74, 6) is -0.156. The van der Waals surface area contributed by atoms with Crippen molar-refractivity contribution in [1.29, 1.82) is 0 Å². The lowest BCUT2D eigenvalue weighted by molar-refractivity contribution is -0.119. The van der Waals surface area contributed by atoms with E-state index in [-0.39, 0.29) is 17.3 Å². The quantitative estimate of drug-likeness (QED) is 0.564. The minimum Gasteiger partial charge on any atom is -0.383 e. The molecular formula is C13H21N3O4S. The number of hydrogen-bond acceptors (Lipinski definition) is 5. The van der Waals surface area contributed by atoms with Crippen LogP contribution in [0.5, 0.6) is 0 Å². The molecule has 0 aliphatic rings. The van der Waals surface area contributed by atoms with E-state index in [1.165, 1.54) is 12.1 Å². The molecule has 0 aliphatic heterocycles. The Kier molecular flexibility index (Phi) is 7.13. The number of carbonyl (C=O) groups is 1. The highest BCUT2D eigenvalue weighted by atomic mass is 32.2. The van der Waals surface area contributed by atoms with Gasteiger partial charge in [0.25, 0.3) is 0 Å². The zero-order chi connectivity index (χ0) is 15.7. The molecule has 0 unspecified atom stereocenters. The number of anilines is 1. The van der Waals surface area contributed by atoms with E-state index in [9.17, 15) is 13.2 Å². The van der Waals surface area contributed by atoms with Gasteiger partial charge in [-0.25, -0.2) is 13.1 Å². The summed E-state index contributed by atoms with van der Waals surface area (Å²) in [5.41, 5.74) is 0.673. The van der Waals surface area contributed by atoms with Gasteiger partial charge in [0.05, 0.1) is 18.0 Å². The molecule has 0 bridgehead atoms. The Hall–Kier alpha value is -1.64. The van der Waals surface area contributed by atoms with Crippen molar-refractivity contribution in [2.24, 2.45) is 0 Å². The predicted octanol–water partition coefficient (Wildman–Crippen LogP) is 0.159. The second-order valence-electron chi connectivity index (χ2n) is 4.22. The number of sulfonamides is 1. The van der Waals surface area contributed by atoms with Gasteiger partial charge < -0.3 is 15.4 Å². The predicted molar refractivity (Wildman–Crippen MR) is 80.7 cm³/mol. The third kappa shape index (κ3) is 6.11. The van der Waals surface area contributed by atoms with E-state index >= 15 is 0 Å². The first kappa shape index (κ1) is 17.4. The summed E-state index contributed by atoms with van der Waals surface area (Å²) in [4.78, 5) is 11.7. The molecule has 1 amide bonds. The minimum atomic E-state index is -3.44. The summed E-state index contributed by atoms with van der Waals surface area (Å²) >= 11 is 0. The number of methoxy groups -OCH3 is 1. The zero-order valence-corrected chi connectivity index (χ0v) is 13.0. The highest BCUT2D eigenvalue weighted by Crippen LogP contribution is 2.13. The van der Waals surface area contributed by atoms with Crippen LogP contribution in [-0.4, -0.2) is 47.7 Å². The average molecular weight is 315 g/mol. The standard InChI is InChI=1S/C13H21N3O4S/c1-3-16-21(18,19)12-6-4-11(5-7-12)15-10-13(17)14-8-9-20-2/h4-7,15-16H,3,8-10H2,1-2H3,(H,14,17). The molecule has 0 aromatic heterocycles. The molecule has 8 heteroatoms.